The summed E-state index contributed by atoms with van der Waals surface area (Å²) in [5, 5.41) is 3.10. The molecule has 6 heteroatoms. The molecule has 3 aromatic rings. The maximum absolute atomic E-state index is 13.0. The molecular formula is C20H17Cl2FN2O. The molecule has 3 nitrogen and oxygen atoms in total. The van der Waals surface area contributed by atoms with Crippen molar-refractivity contribution in [1.82, 2.24) is 0 Å². The molecule has 0 fully saturated rings. The predicted molar refractivity (Wildman–Crippen MR) is 98.5 cm³/mol. The maximum atomic E-state index is 13.0. The van der Waals surface area contributed by atoms with Crippen molar-refractivity contribution in [1.29, 1.82) is 0 Å². The number of hydrogen-bond acceptors (Lipinski definition) is 1. The number of amides is 1. The highest BCUT2D eigenvalue weighted by Crippen LogP contribution is 2.21. The zero-order chi connectivity index (χ0) is 17.8. The van der Waals surface area contributed by atoms with Crippen molar-refractivity contribution >= 4 is 34.6 Å². The number of hydrogen-bond donors (Lipinski definition) is 2. The van der Waals surface area contributed by atoms with Gasteiger partial charge in [-0.1, -0.05) is 29.8 Å². The Hall–Kier alpha value is -2.40. The van der Waals surface area contributed by atoms with Gasteiger partial charge < -0.3 is 17.7 Å². The lowest BCUT2D eigenvalue weighted by Crippen LogP contribution is -3.00. The van der Waals surface area contributed by atoms with E-state index in [-0.39, 0.29) is 24.1 Å². The van der Waals surface area contributed by atoms with Gasteiger partial charge in [-0.25, -0.2) is 4.39 Å². The summed E-state index contributed by atoms with van der Waals surface area (Å²) in [7, 11) is 2.00. The Kier molecular flexibility index (Phi) is 6.75. The van der Waals surface area contributed by atoms with Gasteiger partial charge in [0.25, 0.3) is 5.91 Å². The van der Waals surface area contributed by atoms with Gasteiger partial charge in [0, 0.05) is 17.8 Å². The Bertz CT molecular complexity index is 886. The normalized spacial score (nSPS) is 11.3. The van der Waals surface area contributed by atoms with Crippen LogP contribution in [0.15, 0.2) is 72.8 Å². The summed E-state index contributed by atoms with van der Waals surface area (Å²) in [6.07, 6.45) is 0. The summed E-state index contributed by atoms with van der Waals surface area (Å²) in [5.74, 6) is -0.689. The number of carbonyl (C=O) groups is 1. The van der Waals surface area contributed by atoms with Crippen LogP contribution in [0.3, 0.4) is 0 Å². The van der Waals surface area contributed by atoms with Crippen molar-refractivity contribution in [3.05, 3.63) is 89.2 Å². The number of para-hydroxylation sites is 1. The average molecular weight is 391 g/mol. The van der Waals surface area contributed by atoms with Crippen molar-refractivity contribution in [2.45, 2.75) is 0 Å². The van der Waals surface area contributed by atoms with Gasteiger partial charge in [0.1, 0.15) is 17.2 Å². The van der Waals surface area contributed by atoms with E-state index in [1.54, 1.807) is 12.1 Å². The smallest absolute Gasteiger partial charge is 0.257 e. The largest absolute Gasteiger partial charge is 1.00 e. The Morgan fingerprint density at radius 2 is 1.62 bits per heavy atom. The fourth-order valence-electron chi connectivity index (χ4n) is 2.52. The molecular weight excluding hydrogens is 374 g/mol. The molecule has 0 heterocycles. The lowest BCUT2D eigenvalue weighted by molar-refractivity contribution is -0.735. The van der Waals surface area contributed by atoms with Gasteiger partial charge in [0.2, 0.25) is 0 Å². The van der Waals surface area contributed by atoms with Crippen LogP contribution in [0.25, 0.3) is 0 Å². The molecule has 1 atom stereocenters. The third-order valence-electron chi connectivity index (χ3n) is 3.95. The first kappa shape index (κ1) is 19.9. The minimum absolute atomic E-state index is 0. The van der Waals surface area contributed by atoms with Gasteiger partial charge in [0.05, 0.1) is 17.6 Å². The van der Waals surface area contributed by atoms with Crippen molar-refractivity contribution in [3.8, 4) is 0 Å². The molecule has 0 radical (unpaired) electrons. The van der Waals surface area contributed by atoms with E-state index in [0.717, 1.165) is 16.3 Å². The second kappa shape index (κ2) is 8.81. The topological polar surface area (TPSA) is 33.5 Å². The Morgan fingerprint density at radius 3 is 2.27 bits per heavy atom. The zero-order valence-electron chi connectivity index (χ0n) is 14.0. The van der Waals surface area contributed by atoms with Gasteiger partial charge >= 0.3 is 0 Å². The van der Waals surface area contributed by atoms with Crippen LogP contribution in [0.2, 0.25) is 5.02 Å². The molecule has 26 heavy (non-hydrogen) atoms. The fraction of sp³-hybridized carbons (Fsp3) is 0.0500. The molecule has 1 amide bonds. The first-order valence-electron chi connectivity index (χ1n) is 7.80. The average Bonchev–Trinajstić information content (AvgIpc) is 2.64. The van der Waals surface area contributed by atoms with Crippen LogP contribution >= 0.6 is 11.6 Å². The lowest BCUT2D eigenvalue weighted by atomic mass is 10.1. The van der Waals surface area contributed by atoms with Crippen LogP contribution < -0.4 is 22.6 Å². The standard InChI is InChI=1S/C20H16ClFN2O.ClH/c1-24(16-5-3-2-4-6-16)17-11-12-19(21)18(13-17)20(25)23-15-9-7-14(22)8-10-15;/h2-13H,1H3,(H,23,25);1H. The third-order valence-corrected chi connectivity index (χ3v) is 4.28. The van der Waals surface area contributed by atoms with E-state index in [2.05, 4.69) is 5.32 Å². The number of rotatable bonds is 4. The first-order chi connectivity index (χ1) is 12.0. The SMILES string of the molecule is C[NH+](c1ccccc1)c1ccc(Cl)c(C(=O)Nc2ccc(F)cc2)c1.[Cl-]. The van der Waals surface area contributed by atoms with Crippen LogP contribution in [-0.4, -0.2) is 13.0 Å². The summed E-state index contributed by atoms with van der Waals surface area (Å²) in [4.78, 5) is 13.6. The molecule has 0 aromatic heterocycles. The first-order valence-corrected chi connectivity index (χ1v) is 8.18. The van der Waals surface area contributed by atoms with Crippen LogP contribution in [0, 0.1) is 5.82 Å². The van der Waals surface area contributed by atoms with Crippen molar-refractivity contribution < 1.29 is 26.5 Å². The number of carbonyl (C=O) groups excluding carboxylic acids is 1. The van der Waals surface area contributed by atoms with Crippen molar-refractivity contribution in [2.24, 2.45) is 0 Å². The fourth-order valence-corrected chi connectivity index (χ4v) is 2.72. The quantitative estimate of drug-likeness (QED) is 0.689. The highest BCUT2D eigenvalue weighted by atomic mass is 35.5. The second-order valence-electron chi connectivity index (χ2n) is 5.65. The molecule has 0 aliphatic rings. The molecule has 0 saturated carbocycles. The van der Waals surface area contributed by atoms with Gasteiger partial charge in [0.15, 0.2) is 0 Å². The van der Waals surface area contributed by atoms with Crippen molar-refractivity contribution in [3.63, 3.8) is 0 Å². The molecule has 0 aliphatic carbocycles. The van der Waals surface area contributed by atoms with Crippen LogP contribution in [0.1, 0.15) is 10.4 Å². The number of benzene rings is 3. The highest BCUT2D eigenvalue weighted by Gasteiger charge is 2.16. The highest BCUT2D eigenvalue weighted by molar-refractivity contribution is 6.34. The Balaban J connectivity index is 0.00000243. The zero-order valence-corrected chi connectivity index (χ0v) is 15.5. The summed E-state index contributed by atoms with van der Waals surface area (Å²) in [6, 6.07) is 20.9. The predicted octanol–water partition coefficient (Wildman–Crippen LogP) is 1.21. The van der Waals surface area contributed by atoms with Crippen molar-refractivity contribution in [2.75, 3.05) is 12.4 Å². The summed E-state index contributed by atoms with van der Waals surface area (Å²) < 4.78 is 13.0. The summed E-state index contributed by atoms with van der Waals surface area (Å²) in [6.45, 7) is 0. The molecule has 3 rings (SSSR count). The molecule has 0 bridgehead atoms. The van der Waals surface area contributed by atoms with E-state index in [0.29, 0.717) is 16.3 Å². The monoisotopic (exact) mass is 390 g/mol. The van der Waals surface area contributed by atoms with E-state index >= 15 is 0 Å². The molecule has 2 N–H and O–H groups in total. The molecule has 1 unspecified atom stereocenters. The molecule has 0 spiro atoms. The van der Waals surface area contributed by atoms with E-state index in [1.807, 2.05) is 43.4 Å². The molecule has 0 saturated heterocycles. The van der Waals surface area contributed by atoms with E-state index < -0.39 is 0 Å². The van der Waals surface area contributed by atoms with E-state index in [4.69, 9.17) is 11.6 Å². The minimum Gasteiger partial charge on any atom is -1.00 e. The Morgan fingerprint density at radius 1 is 0.962 bits per heavy atom. The van der Waals surface area contributed by atoms with Gasteiger partial charge in [-0.2, -0.15) is 0 Å². The minimum atomic E-state index is -0.355. The van der Waals surface area contributed by atoms with Gasteiger partial charge in [-0.3, -0.25) is 9.69 Å². The summed E-state index contributed by atoms with van der Waals surface area (Å²) >= 11 is 6.20. The van der Waals surface area contributed by atoms with Gasteiger partial charge in [-0.15, -0.1) is 0 Å². The van der Waals surface area contributed by atoms with E-state index in [1.165, 1.54) is 24.3 Å². The second-order valence-corrected chi connectivity index (χ2v) is 6.05. The number of halogens is 3. The van der Waals surface area contributed by atoms with E-state index in [9.17, 15) is 9.18 Å². The number of quaternary nitrogens is 1. The van der Waals surface area contributed by atoms with Crippen LogP contribution in [-0.2, 0) is 0 Å². The molecule has 3 aromatic carbocycles. The van der Waals surface area contributed by atoms with Crippen LogP contribution in [0.4, 0.5) is 21.5 Å². The summed E-state index contributed by atoms with van der Waals surface area (Å²) in [5.41, 5.74) is 2.88. The van der Waals surface area contributed by atoms with Crippen LogP contribution in [0.5, 0.6) is 0 Å². The molecule has 0 aliphatic heterocycles. The molecule has 134 valence electrons. The third kappa shape index (κ3) is 4.61. The Labute approximate surface area is 162 Å². The lowest BCUT2D eigenvalue weighted by Gasteiger charge is -2.14. The number of anilines is 1. The van der Waals surface area contributed by atoms with Gasteiger partial charge in [-0.05, 0) is 42.5 Å². The maximum Gasteiger partial charge on any atom is 0.257 e. The number of nitrogens with one attached hydrogen (secondary N) is 2.